The first kappa shape index (κ1) is 18.7. The van der Waals surface area contributed by atoms with E-state index in [9.17, 15) is 15.2 Å². The molecule has 0 spiro atoms. The molecule has 0 radical (unpaired) electrons. The third-order valence-electron chi connectivity index (χ3n) is 3.93. The van der Waals surface area contributed by atoms with Crippen molar-refractivity contribution in [3.8, 4) is 22.5 Å². The molecule has 2 aromatic carbocycles. The molecule has 0 unspecified atom stereocenters. The van der Waals surface area contributed by atoms with Crippen molar-refractivity contribution in [2.24, 2.45) is 5.16 Å². The number of furan rings is 1. The van der Waals surface area contributed by atoms with E-state index in [0.717, 1.165) is 5.56 Å². The molecule has 1 aromatic heterocycles. The van der Waals surface area contributed by atoms with Gasteiger partial charge in [-0.25, -0.2) is 10.3 Å². The highest BCUT2D eigenvalue weighted by molar-refractivity contribution is 6.05. The van der Waals surface area contributed by atoms with Crippen LogP contribution in [0.1, 0.15) is 11.3 Å². The third kappa shape index (κ3) is 3.84. The van der Waals surface area contributed by atoms with Crippen molar-refractivity contribution in [3.05, 3.63) is 72.0 Å². The van der Waals surface area contributed by atoms with Crippen molar-refractivity contribution in [3.63, 3.8) is 0 Å². The van der Waals surface area contributed by atoms with Crippen LogP contribution >= 0.6 is 0 Å². The number of hydroxylamine groups is 1. The first-order valence-corrected chi connectivity index (χ1v) is 8.04. The summed E-state index contributed by atoms with van der Waals surface area (Å²) in [6.07, 6.45) is -1.37. The standard InChI is InChI=1S/C19H16N4O5/c20-17(21-19(24)25)16-9-8-15(28-16)12-6-7-13(11-4-2-1-3-5-11)14(10-12)18(22-26)23-27/h1-10,26-27H,(H2,20,21)(H,22,23)(H,24,25). The Bertz CT molecular complexity index is 1040. The lowest BCUT2D eigenvalue weighted by Gasteiger charge is -2.12. The summed E-state index contributed by atoms with van der Waals surface area (Å²) in [6, 6.07) is 17.5. The van der Waals surface area contributed by atoms with Gasteiger partial charge >= 0.3 is 6.09 Å². The second-order valence-electron chi connectivity index (χ2n) is 5.66. The fourth-order valence-electron chi connectivity index (χ4n) is 2.70. The van der Waals surface area contributed by atoms with Gasteiger partial charge in [0.2, 0.25) is 0 Å². The maximum Gasteiger partial charge on any atom is 0.410 e. The fraction of sp³-hybridized carbons (Fsp3) is 0. The van der Waals surface area contributed by atoms with E-state index in [1.54, 1.807) is 24.3 Å². The van der Waals surface area contributed by atoms with Gasteiger partial charge in [-0.3, -0.25) is 15.9 Å². The lowest BCUT2D eigenvalue weighted by Crippen LogP contribution is -2.28. The molecule has 142 valence electrons. The Hall–Kier alpha value is -4.11. The van der Waals surface area contributed by atoms with Gasteiger partial charge in [0.25, 0.3) is 0 Å². The van der Waals surface area contributed by atoms with Gasteiger partial charge < -0.3 is 14.7 Å². The van der Waals surface area contributed by atoms with E-state index in [-0.39, 0.29) is 11.6 Å². The molecular weight excluding hydrogens is 364 g/mol. The number of amides is 1. The van der Waals surface area contributed by atoms with Gasteiger partial charge in [0, 0.05) is 11.1 Å². The second-order valence-corrected chi connectivity index (χ2v) is 5.66. The molecule has 28 heavy (non-hydrogen) atoms. The molecule has 6 N–H and O–H groups in total. The maximum absolute atomic E-state index is 10.7. The number of carboxylic acid groups (broad SMARTS) is 1. The summed E-state index contributed by atoms with van der Waals surface area (Å²) >= 11 is 0. The number of oxime groups is 1. The molecule has 9 nitrogen and oxygen atoms in total. The summed E-state index contributed by atoms with van der Waals surface area (Å²) in [5.74, 6) is -0.146. The van der Waals surface area contributed by atoms with E-state index in [4.69, 9.17) is 14.9 Å². The van der Waals surface area contributed by atoms with Gasteiger partial charge in [0.15, 0.2) is 17.4 Å². The second kappa shape index (κ2) is 8.06. The van der Waals surface area contributed by atoms with E-state index >= 15 is 0 Å². The molecule has 0 aliphatic carbocycles. The predicted molar refractivity (Wildman–Crippen MR) is 101 cm³/mol. The van der Waals surface area contributed by atoms with Gasteiger partial charge in [-0.05, 0) is 29.3 Å². The Labute approximate surface area is 159 Å². The van der Waals surface area contributed by atoms with Gasteiger partial charge in [-0.2, -0.15) is 0 Å². The number of rotatable bonds is 4. The molecule has 0 saturated carbocycles. The summed E-state index contributed by atoms with van der Waals surface area (Å²) in [5.41, 5.74) is 4.38. The highest BCUT2D eigenvalue weighted by Crippen LogP contribution is 2.30. The molecule has 1 amide bonds. The first-order chi connectivity index (χ1) is 13.5. The Morgan fingerprint density at radius 3 is 2.43 bits per heavy atom. The Kier molecular flexibility index (Phi) is 5.38. The summed E-state index contributed by atoms with van der Waals surface area (Å²) in [5, 5.41) is 39.9. The minimum absolute atomic E-state index is 0.0439. The Balaban J connectivity index is 2.04. The van der Waals surface area contributed by atoms with Gasteiger partial charge in [-0.1, -0.05) is 47.6 Å². The number of hydrogen-bond acceptors (Lipinski definition) is 6. The van der Waals surface area contributed by atoms with Crippen molar-refractivity contribution in [1.82, 2.24) is 10.8 Å². The summed E-state index contributed by atoms with van der Waals surface area (Å²) in [7, 11) is 0. The molecule has 9 heteroatoms. The third-order valence-corrected chi connectivity index (χ3v) is 3.93. The average Bonchev–Trinajstić information content (AvgIpc) is 3.19. The van der Waals surface area contributed by atoms with Crippen LogP contribution in [0.25, 0.3) is 22.5 Å². The van der Waals surface area contributed by atoms with Gasteiger partial charge in [-0.15, -0.1) is 0 Å². The summed E-state index contributed by atoms with van der Waals surface area (Å²) < 4.78 is 5.54. The summed E-state index contributed by atoms with van der Waals surface area (Å²) in [6.45, 7) is 0. The lowest BCUT2D eigenvalue weighted by atomic mass is 9.96. The molecule has 0 saturated heterocycles. The zero-order valence-electron chi connectivity index (χ0n) is 14.4. The quantitative estimate of drug-likeness (QED) is 0.177. The largest absolute Gasteiger partial charge is 0.465 e. The highest BCUT2D eigenvalue weighted by Gasteiger charge is 2.16. The van der Waals surface area contributed by atoms with Crippen LogP contribution < -0.4 is 10.8 Å². The van der Waals surface area contributed by atoms with E-state index in [1.807, 2.05) is 41.1 Å². The molecule has 3 aromatic rings. The van der Waals surface area contributed by atoms with Gasteiger partial charge in [0.05, 0.1) is 0 Å². The molecule has 1 heterocycles. The average molecular weight is 380 g/mol. The van der Waals surface area contributed by atoms with Crippen LogP contribution in [-0.4, -0.2) is 33.3 Å². The molecule has 0 fully saturated rings. The van der Waals surface area contributed by atoms with E-state index in [1.165, 1.54) is 6.07 Å². The van der Waals surface area contributed by atoms with Crippen molar-refractivity contribution < 1.29 is 24.7 Å². The SMILES string of the molecule is N=C(NC(=O)O)c1ccc(-c2ccc(-c3ccccc3)c(/C(=N/O)NO)c2)o1. The topological polar surface area (TPSA) is 151 Å². The molecular formula is C19H16N4O5. The smallest absolute Gasteiger partial charge is 0.410 e. The normalized spacial score (nSPS) is 11.1. The van der Waals surface area contributed by atoms with Crippen LogP contribution in [0.2, 0.25) is 0 Å². The van der Waals surface area contributed by atoms with Crippen LogP contribution in [0.5, 0.6) is 0 Å². The van der Waals surface area contributed by atoms with Crippen LogP contribution in [0.4, 0.5) is 4.79 Å². The number of nitrogens with zero attached hydrogens (tertiary/aromatic N) is 1. The first-order valence-electron chi connectivity index (χ1n) is 8.04. The van der Waals surface area contributed by atoms with Gasteiger partial charge in [0.1, 0.15) is 5.76 Å². The van der Waals surface area contributed by atoms with E-state index in [0.29, 0.717) is 22.5 Å². The number of hydrogen-bond donors (Lipinski definition) is 6. The van der Waals surface area contributed by atoms with E-state index in [2.05, 4.69) is 5.16 Å². The number of amidine groups is 2. The zero-order chi connectivity index (χ0) is 20.1. The minimum Gasteiger partial charge on any atom is -0.465 e. The van der Waals surface area contributed by atoms with Crippen LogP contribution in [-0.2, 0) is 0 Å². The van der Waals surface area contributed by atoms with Crippen molar-refractivity contribution in [2.45, 2.75) is 0 Å². The summed E-state index contributed by atoms with van der Waals surface area (Å²) in [4.78, 5) is 10.7. The molecule has 0 bridgehead atoms. The zero-order valence-corrected chi connectivity index (χ0v) is 14.4. The predicted octanol–water partition coefficient (Wildman–Crippen LogP) is 3.32. The Morgan fingerprint density at radius 1 is 1.04 bits per heavy atom. The molecule has 0 atom stereocenters. The monoisotopic (exact) mass is 380 g/mol. The molecule has 3 rings (SSSR count). The van der Waals surface area contributed by atoms with Crippen molar-refractivity contribution in [1.29, 1.82) is 5.41 Å². The van der Waals surface area contributed by atoms with Crippen molar-refractivity contribution >= 4 is 17.8 Å². The van der Waals surface area contributed by atoms with Crippen LogP contribution in [0.3, 0.4) is 0 Å². The Morgan fingerprint density at radius 2 is 1.79 bits per heavy atom. The maximum atomic E-state index is 10.7. The number of benzene rings is 2. The van der Waals surface area contributed by atoms with Crippen LogP contribution in [0, 0.1) is 5.41 Å². The van der Waals surface area contributed by atoms with Crippen LogP contribution in [0.15, 0.2) is 70.2 Å². The minimum atomic E-state index is -1.37. The number of carbonyl (C=O) groups is 1. The fourth-order valence-corrected chi connectivity index (χ4v) is 2.70. The highest BCUT2D eigenvalue weighted by atomic mass is 16.5. The lowest BCUT2D eigenvalue weighted by molar-refractivity contribution is 0.200. The number of nitrogens with one attached hydrogen (secondary N) is 3. The van der Waals surface area contributed by atoms with E-state index < -0.39 is 11.9 Å². The molecule has 0 aliphatic heterocycles. The van der Waals surface area contributed by atoms with Crippen molar-refractivity contribution in [2.75, 3.05) is 0 Å². The molecule has 0 aliphatic rings.